The number of hydrogen-bond acceptors (Lipinski definition) is 6. The van der Waals surface area contributed by atoms with Crippen molar-refractivity contribution in [1.82, 2.24) is 9.88 Å². The maximum Gasteiger partial charge on any atom is 0.388 e. The van der Waals surface area contributed by atoms with Crippen LogP contribution < -0.4 is 4.74 Å². The Morgan fingerprint density at radius 3 is 2.46 bits per heavy atom. The largest absolute Gasteiger partial charge is 0.457 e. The molecule has 0 fully saturated rings. The second-order valence-electron chi connectivity index (χ2n) is 7.23. The maximum atomic E-state index is 12.9. The molecule has 186 valence electrons. The zero-order valence-corrected chi connectivity index (χ0v) is 21.5. The molecular weight excluding hydrogens is 490 g/mol. The molecule has 0 unspecified atom stereocenters. The van der Waals surface area contributed by atoms with E-state index >= 15 is 0 Å². The van der Waals surface area contributed by atoms with Crippen LogP contribution in [0.25, 0.3) is 17.4 Å². The topological polar surface area (TPSA) is 55.6 Å². The van der Waals surface area contributed by atoms with Crippen LogP contribution in [0.5, 0.6) is 5.88 Å². The molecule has 0 N–H and O–H groups in total. The number of benzene rings is 1. The lowest BCUT2D eigenvalue weighted by molar-refractivity contribution is -0.122. The van der Waals surface area contributed by atoms with E-state index in [0.717, 1.165) is 5.56 Å². The van der Waals surface area contributed by atoms with Crippen molar-refractivity contribution in [3.05, 3.63) is 77.0 Å². The van der Waals surface area contributed by atoms with E-state index in [9.17, 15) is 13.6 Å². The van der Waals surface area contributed by atoms with Crippen LogP contribution in [0.15, 0.2) is 70.1 Å². The highest BCUT2D eigenvalue weighted by Gasteiger charge is 2.17. The van der Waals surface area contributed by atoms with Crippen LogP contribution in [-0.4, -0.2) is 40.7 Å². The molecule has 0 radical (unpaired) electrons. The van der Waals surface area contributed by atoms with E-state index in [1.165, 1.54) is 40.8 Å². The van der Waals surface area contributed by atoms with Crippen LogP contribution in [0.3, 0.4) is 0 Å². The lowest BCUT2D eigenvalue weighted by atomic mass is 10.1. The van der Waals surface area contributed by atoms with Gasteiger partial charge in [0.1, 0.15) is 11.5 Å². The van der Waals surface area contributed by atoms with Gasteiger partial charge < -0.3 is 14.1 Å². The van der Waals surface area contributed by atoms with E-state index < -0.39 is 6.61 Å². The van der Waals surface area contributed by atoms with Crippen LogP contribution >= 0.6 is 24.0 Å². The minimum atomic E-state index is -2.93. The molecule has 3 aromatic rings. The molecule has 1 aromatic carbocycles. The fourth-order valence-electron chi connectivity index (χ4n) is 2.85. The molecule has 0 bridgehead atoms. The SMILES string of the molecule is CCC.CS/C(=C\c1ccc(-c2ccc(OC(F)F)nc2)o1)C(=O)N(C=S)CCc1ccccc1. The van der Waals surface area contributed by atoms with Gasteiger partial charge in [-0.3, -0.25) is 4.79 Å². The molecule has 0 aliphatic carbocycles. The summed E-state index contributed by atoms with van der Waals surface area (Å²) in [5.74, 6) is 0.562. The van der Waals surface area contributed by atoms with Gasteiger partial charge in [0.15, 0.2) is 0 Å². The summed E-state index contributed by atoms with van der Waals surface area (Å²) in [6.45, 7) is 1.78. The fraction of sp³-hybridized carbons (Fsp3) is 0.269. The Kier molecular flexibility index (Phi) is 12.1. The number of nitrogens with zero attached hydrogens (tertiary/aromatic N) is 2. The molecule has 0 aliphatic heterocycles. The summed E-state index contributed by atoms with van der Waals surface area (Å²) >= 11 is 6.35. The average Bonchev–Trinajstić information content (AvgIpc) is 3.32. The Bertz CT molecular complexity index is 1090. The van der Waals surface area contributed by atoms with E-state index in [4.69, 9.17) is 16.6 Å². The number of aromatic nitrogens is 1. The molecule has 0 spiro atoms. The molecule has 2 aromatic heterocycles. The van der Waals surface area contributed by atoms with Crippen molar-refractivity contribution in [1.29, 1.82) is 0 Å². The third-order valence-corrected chi connectivity index (χ3v) is 5.42. The predicted molar refractivity (Wildman–Crippen MR) is 142 cm³/mol. The summed E-state index contributed by atoms with van der Waals surface area (Å²) < 4.78 is 34.5. The van der Waals surface area contributed by atoms with Gasteiger partial charge in [-0.2, -0.15) is 8.78 Å². The van der Waals surface area contributed by atoms with Crippen LogP contribution in [0.2, 0.25) is 0 Å². The number of thioether (sulfide) groups is 1. The number of alkyl halides is 2. The van der Waals surface area contributed by atoms with E-state index in [1.54, 1.807) is 30.5 Å². The quantitative estimate of drug-likeness (QED) is 0.211. The van der Waals surface area contributed by atoms with Gasteiger partial charge in [0, 0.05) is 24.4 Å². The van der Waals surface area contributed by atoms with Gasteiger partial charge in [0.05, 0.1) is 10.4 Å². The molecule has 0 aliphatic rings. The van der Waals surface area contributed by atoms with Crippen molar-refractivity contribution in [2.75, 3.05) is 12.8 Å². The van der Waals surface area contributed by atoms with Gasteiger partial charge in [0.2, 0.25) is 5.88 Å². The van der Waals surface area contributed by atoms with Gasteiger partial charge >= 0.3 is 6.61 Å². The van der Waals surface area contributed by atoms with Gasteiger partial charge in [-0.1, -0.05) is 62.8 Å². The van der Waals surface area contributed by atoms with E-state index in [-0.39, 0.29) is 11.8 Å². The molecule has 9 heteroatoms. The van der Waals surface area contributed by atoms with Crippen molar-refractivity contribution >= 4 is 41.5 Å². The third-order valence-electron chi connectivity index (χ3n) is 4.43. The summed E-state index contributed by atoms with van der Waals surface area (Å²) in [5, 5.41) is 0. The second-order valence-corrected chi connectivity index (χ2v) is 8.28. The number of halogens is 2. The summed E-state index contributed by atoms with van der Waals surface area (Å²) in [6, 6.07) is 16.2. The summed E-state index contributed by atoms with van der Waals surface area (Å²) in [7, 11) is 0. The van der Waals surface area contributed by atoms with Crippen LogP contribution in [0.1, 0.15) is 31.6 Å². The monoisotopic (exact) mass is 518 g/mol. The lowest BCUT2D eigenvalue weighted by Crippen LogP contribution is -2.31. The first-order valence-corrected chi connectivity index (χ1v) is 12.7. The Morgan fingerprint density at radius 1 is 1.17 bits per heavy atom. The molecule has 2 heterocycles. The van der Waals surface area contributed by atoms with Crippen LogP contribution in [-0.2, 0) is 11.2 Å². The normalized spacial score (nSPS) is 11.0. The highest BCUT2D eigenvalue weighted by molar-refractivity contribution is 8.03. The van der Waals surface area contributed by atoms with E-state index in [1.807, 2.05) is 30.3 Å². The Labute approximate surface area is 214 Å². The number of hydrogen-bond donors (Lipinski definition) is 0. The standard InChI is InChI=1S/C23H20F2N2O3S2.C3H8/c1-32-20(22(28)27(15-31)12-11-16-5-3-2-4-6-16)13-18-8-9-19(29-18)17-7-10-21(26-14-17)30-23(24)25;1-3-2/h2-10,13-15,23H,11-12H2,1H3;3H2,1-2H3/b20-13-;. The second kappa shape index (κ2) is 15.1. The summed E-state index contributed by atoms with van der Waals surface area (Å²) in [6.07, 6.45) is 6.76. The number of rotatable bonds is 10. The Morgan fingerprint density at radius 2 is 1.89 bits per heavy atom. The molecule has 1 amide bonds. The van der Waals surface area contributed by atoms with E-state index in [2.05, 4.69) is 23.6 Å². The van der Waals surface area contributed by atoms with Crippen molar-refractivity contribution < 1.29 is 22.7 Å². The van der Waals surface area contributed by atoms with Gasteiger partial charge in [-0.05, 0) is 42.5 Å². The number of thiocarbonyl (C=S) groups is 1. The molecular formula is C26H28F2N2O3S2. The maximum absolute atomic E-state index is 12.9. The summed E-state index contributed by atoms with van der Waals surface area (Å²) in [5.41, 5.74) is 3.06. The minimum absolute atomic E-state index is 0.179. The number of amides is 1. The molecule has 3 rings (SSSR count). The zero-order chi connectivity index (χ0) is 25.6. The Hall–Kier alpha value is -3.04. The fourth-order valence-corrected chi connectivity index (χ4v) is 3.57. The van der Waals surface area contributed by atoms with Crippen molar-refractivity contribution in [2.24, 2.45) is 0 Å². The molecule has 0 saturated heterocycles. The first-order valence-electron chi connectivity index (χ1n) is 11.0. The van der Waals surface area contributed by atoms with Crippen molar-refractivity contribution in [2.45, 2.75) is 33.3 Å². The van der Waals surface area contributed by atoms with Crippen molar-refractivity contribution in [3.63, 3.8) is 0 Å². The average molecular weight is 519 g/mol. The summed E-state index contributed by atoms with van der Waals surface area (Å²) in [4.78, 5) is 18.7. The molecule has 0 atom stereocenters. The highest BCUT2D eigenvalue weighted by atomic mass is 32.2. The van der Waals surface area contributed by atoms with Crippen LogP contribution in [0.4, 0.5) is 8.78 Å². The number of pyridine rings is 1. The van der Waals surface area contributed by atoms with Crippen molar-refractivity contribution in [3.8, 4) is 17.2 Å². The number of furan rings is 1. The Balaban J connectivity index is 0.00000137. The molecule has 35 heavy (non-hydrogen) atoms. The van der Waals surface area contributed by atoms with Gasteiger partial charge in [-0.25, -0.2) is 4.98 Å². The number of carbonyl (C=O) groups is 1. The number of ether oxygens (including phenoxy) is 1. The first kappa shape index (κ1) is 28.2. The predicted octanol–water partition coefficient (Wildman–Crippen LogP) is 7.09. The molecule has 0 saturated carbocycles. The first-order chi connectivity index (χ1) is 16.9. The van der Waals surface area contributed by atoms with Crippen LogP contribution in [0, 0.1) is 0 Å². The highest BCUT2D eigenvalue weighted by Crippen LogP contribution is 2.26. The lowest BCUT2D eigenvalue weighted by Gasteiger charge is -2.18. The van der Waals surface area contributed by atoms with Gasteiger partial charge in [-0.15, -0.1) is 11.8 Å². The number of carbonyl (C=O) groups excluding carboxylic acids is 1. The third kappa shape index (κ3) is 9.26. The van der Waals surface area contributed by atoms with E-state index in [0.29, 0.717) is 35.0 Å². The zero-order valence-electron chi connectivity index (χ0n) is 19.8. The van der Waals surface area contributed by atoms with Gasteiger partial charge in [0.25, 0.3) is 5.91 Å². The molecule has 5 nitrogen and oxygen atoms in total. The minimum Gasteiger partial charge on any atom is -0.457 e. The smallest absolute Gasteiger partial charge is 0.388 e.